The van der Waals surface area contributed by atoms with Crippen LogP contribution in [0.25, 0.3) is 0 Å². The topological polar surface area (TPSA) is 53.6 Å². The molecule has 4 nitrogen and oxygen atoms in total. The third kappa shape index (κ3) is 2.84. The van der Waals surface area contributed by atoms with Crippen molar-refractivity contribution >= 4 is 5.96 Å². The third-order valence-electron chi connectivity index (χ3n) is 3.31. The van der Waals surface area contributed by atoms with Gasteiger partial charge in [-0.15, -0.1) is 0 Å². The molecule has 3 N–H and O–H groups in total. The monoisotopic (exact) mass is 210 g/mol. The Kier molecular flexibility index (Phi) is 3.14. The van der Waals surface area contributed by atoms with Gasteiger partial charge in [0, 0.05) is 12.1 Å². The predicted octanol–water partition coefficient (Wildman–Crippen LogP) is 1.23. The van der Waals surface area contributed by atoms with Gasteiger partial charge in [0.15, 0.2) is 0 Å². The first-order valence-electron chi connectivity index (χ1n) is 6.05. The van der Waals surface area contributed by atoms with Crippen molar-refractivity contribution in [2.24, 2.45) is 10.7 Å². The Balaban J connectivity index is 1.90. The van der Waals surface area contributed by atoms with Crippen molar-refractivity contribution in [3.05, 3.63) is 0 Å². The van der Waals surface area contributed by atoms with Crippen molar-refractivity contribution in [2.75, 3.05) is 0 Å². The van der Waals surface area contributed by atoms with Crippen molar-refractivity contribution in [3.63, 3.8) is 0 Å². The molecule has 0 radical (unpaired) electrons. The molecule has 15 heavy (non-hydrogen) atoms. The minimum Gasteiger partial charge on any atom is -0.369 e. The van der Waals surface area contributed by atoms with Crippen LogP contribution in [0, 0.1) is 0 Å². The molecule has 4 heteroatoms. The first-order chi connectivity index (χ1) is 7.16. The van der Waals surface area contributed by atoms with Gasteiger partial charge in [-0.25, -0.2) is 10.0 Å². The van der Waals surface area contributed by atoms with E-state index in [-0.39, 0.29) is 0 Å². The van der Waals surface area contributed by atoms with Gasteiger partial charge in [0.25, 0.3) is 0 Å². The van der Waals surface area contributed by atoms with Crippen LogP contribution in [0.2, 0.25) is 0 Å². The normalized spacial score (nSPS) is 34.1. The molecule has 0 aromatic carbocycles. The quantitative estimate of drug-likeness (QED) is 0.532. The molecule has 86 valence electrons. The van der Waals surface area contributed by atoms with Gasteiger partial charge >= 0.3 is 0 Å². The van der Waals surface area contributed by atoms with E-state index in [1.807, 2.05) is 0 Å². The van der Waals surface area contributed by atoms with Crippen LogP contribution in [0.5, 0.6) is 0 Å². The summed E-state index contributed by atoms with van der Waals surface area (Å²) >= 11 is 0. The molecule has 2 aliphatic rings. The summed E-state index contributed by atoms with van der Waals surface area (Å²) in [7, 11) is 0. The van der Waals surface area contributed by atoms with E-state index in [1.165, 1.54) is 32.1 Å². The van der Waals surface area contributed by atoms with Crippen LogP contribution >= 0.6 is 0 Å². The van der Waals surface area contributed by atoms with Crippen LogP contribution in [-0.2, 0) is 0 Å². The Bertz CT molecular complexity index is 237. The smallest absolute Gasteiger partial charge is 0.203 e. The number of aliphatic imine (C=N–C) groups is 1. The Morgan fingerprint density at radius 3 is 2.33 bits per heavy atom. The lowest BCUT2D eigenvalue weighted by molar-refractivity contribution is 0.0733. The SMILES string of the molecule is CC1CCCC(C)N1NC(N)=NC1CC1. The number of hydrogen-bond donors (Lipinski definition) is 2. The second-order valence-electron chi connectivity index (χ2n) is 4.89. The minimum atomic E-state index is 0.493. The zero-order chi connectivity index (χ0) is 10.8. The molecule has 2 atom stereocenters. The zero-order valence-corrected chi connectivity index (χ0v) is 9.74. The molecule has 0 bridgehead atoms. The summed E-state index contributed by atoms with van der Waals surface area (Å²) < 4.78 is 0. The Morgan fingerprint density at radius 2 is 1.80 bits per heavy atom. The van der Waals surface area contributed by atoms with E-state index in [1.54, 1.807) is 0 Å². The minimum absolute atomic E-state index is 0.493. The summed E-state index contributed by atoms with van der Waals surface area (Å²) in [4.78, 5) is 4.39. The molecule has 0 spiro atoms. The zero-order valence-electron chi connectivity index (χ0n) is 9.74. The number of piperidine rings is 1. The summed E-state index contributed by atoms with van der Waals surface area (Å²) in [5.41, 5.74) is 9.12. The lowest BCUT2D eigenvalue weighted by Crippen LogP contribution is -2.56. The standard InChI is InChI=1S/C11H22N4/c1-8-4-3-5-9(2)15(8)14-11(12)13-10-6-7-10/h8-10H,3-7H2,1-2H3,(H3,12,13,14). The second kappa shape index (κ2) is 4.39. The fraction of sp³-hybridized carbons (Fsp3) is 0.909. The van der Waals surface area contributed by atoms with E-state index >= 15 is 0 Å². The molecule has 1 saturated heterocycles. The summed E-state index contributed by atoms with van der Waals surface area (Å²) in [6.07, 6.45) is 6.21. The van der Waals surface area contributed by atoms with Gasteiger partial charge in [-0.3, -0.25) is 5.43 Å². The maximum Gasteiger partial charge on any atom is 0.203 e. The lowest BCUT2D eigenvalue weighted by atomic mass is 10.00. The first-order valence-corrected chi connectivity index (χ1v) is 6.05. The van der Waals surface area contributed by atoms with E-state index in [0.717, 1.165) is 0 Å². The molecule has 1 saturated carbocycles. The Morgan fingerprint density at radius 1 is 1.20 bits per heavy atom. The molecular formula is C11H22N4. The van der Waals surface area contributed by atoms with E-state index in [0.29, 0.717) is 24.1 Å². The number of nitrogens with one attached hydrogen (secondary N) is 1. The van der Waals surface area contributed by atoms with Crippen LogP contribution in [0.3, 0.4) is 0 Å². The Labute approximate surface area is 91.9 Å². The summed E-state index contributed by atoms with van der Waals surface area (Å²) in [6.45, 7) is 4.49. The number of hydrogen-bond acceptors (Lipinski definition) is 2. The summed E-state index contributed by atoms with van der Waals surface area (Å²) in [5, 5.41) is 2.25. The number of guanidine groups is 1. The molecule has 2 fully saturated rings. The molecule has 1 aliphatic carbocycles. The van der Waals surface area contributed by atoms with Crippen LogP contribution < -0.4 is 11.2 Å². The van der Waals surface area contributed by atoms with Crippen molar-refractivity contribution in [1.82, 2.24) is 10.4 Å². The average Bonchev–Trinajstić information content (AvgIpc) is 2.95. The molecule has 1 aliphatic heterocycles. The van der Waals surface area contributed by atoms with Gasteiger partial charge < -0.3 is 5.73 Å². The highest BCUT2D eigenvalue weighted by Crippen LogP contribution is 2.23. The molecule has 0 amide bonds. The first kappa shape index (κ1) is 10.7. The Hall–Kier alpha value is -0.770. The van der Waals surface area contributed by atoms with Crippen molar-refractivity contribution in [1.29, 1.82) is 0 Å². The molecule has 0 aromatic rings. The second-order valence-corrected chi connectivity index (χ2v) is 4.89. The van der Waals surface area contributed by atoms with Crippen LogP contribution in [0.1, 0.15) is 46.0 Å². The molecule has 0 aromatic heterocycles. The maximum atomic E-state index is 5.87. The fourth-order valence-electron chi connectivity index (χ4n) is 2.20. The summed E-state index contributed by atoms with van der Waals surface area (Å²) in [5.74, 6) is 0.595. The lowest BCUT2D eigenvalue weighted by Gasteiger charge is -2.39. The number of hydrazine groups is 1. The van der Waals surface area contributed by atoms with Gasteiger partial charge in [-0.05, 0) is 39.5 Å². The molecule has 2 unspecified atom stereocenters. The average molecular weight is 210 g/mol. The van der Waals surface area contributed by atoms with Gasteiger partial charge in [0.05, 0.1) is 6.04 Å². The molecular weight excluding hydrogens is 188 g/mol. The number of rotatable bonds is 2. The van der Waals surface area contributed by atoms with E-state index in [4.69, 9.17) is 5.73 Å². The predicted molar refractivity (Wildman–Crippen MR) is 62.4 cm³/mol. The van der Waals surface area contributed by atoms with Gasteiger partial charge in [-0.1, -0.05) is 6.42 Å². The highest BCUT2D eigenvalue weighted by molar-refractivity contribution is 5.77. The molecule has 1 heterocycles. The van der Waals surface area contributed by atoms with Gasteiger partial charge in [-0.2, -0.15) is 0 Å². The summed E-state index contributed by atoms with van der Waals surface area (Å²) in [6, 6.07) is 1.61. The van der Waals surface area contributed by atoms with Crippen molar-refractivity contribution in [3.8, 4) is 0 Å². The van der Waals surface area contributed by atoms with Crippen molar-refractivity contribution < 1.29 is 0 Å². The van der Waals surface area contributed by atoms with E-state index in [2.05, 4.69) is 29.3 Å². The highest BCUT2D eigenvalue weighted by Gasteiger charge is 2.26. The van der Waals surface area contributed by atoms with Crippen LogP contribution in [0.4, 0.5) is 0 Å². The maximum absolute atomic E-state index is 5.87. The van der Waals surface area contributed by atoms with Crippen LogP contribution in [-0.4, -0.2) is 29.1 Å². The van der Waals surface area contributed by atoms with Crippen LogP contribution in [0.15, 0.2) is 4.99 Å². The van der Waals surface area contributed by atoms with Gasteiger partial charge in [0.1, 0.15) is 0 Å². The van der Waals surface area contributed by atoms with E-state index < -0.39 is 0 Å². The third-order valence-corrected chi connectivity index (χ3v) is 3.31. The van der Waals surface area contributed by atoms with Gasteiger partial charge in [0.2, 0.25) is 5.96 Å². The fourth-order valence-corrected chi connectivity index (χ4v) is 2.20. The highest BCUT2D eigenvalue weighted by atomic mass is 15.6. The molecule has 2 rings (SSSR count). The van der Waals surface area contributed by atoms with E-state index in [9.17, 15) is 0 Å². The van der Waals surface area contributed by atoms with Crippen molar-refractivity contribution in [2.45, 2.75) is 64.1 Å². The number of nitrogens with two attached hydrogens (primary N) is 1. The number of nitrogens with zero attached hydrogens (tertiary/aromatic N) is 2. The largest absolute Gasteiger partial charge is 0.369 e.